The van der Waals surface area contributed by atoms with Gasteiger partial charge in [-0.1, -0.05) is 32.9 Å². The Bertz CT molecular complexity index is 431. The Labute approximate surface area is 109 Å². The molecule has 1 fully saturated rings. The Balaban J connectivity index is 2.03. The lowest BCUT2D eigenvalue weighted by atomic mass is 9.87. The SMILES string of the molecule is CCOC(=O)C1CN1c1ccc(C(C)(C)C)cc1. The molecule has 3 nitrogen and oxygen atoms in total. The van der Waals surface area contributed by atoms with Gasteiger partial charge >= 0.3 is 5.97 Å². The van der Waals surface area contributed by atoms with Crippen molar-refractivity contribution in [1.29, 1.82) is 0 Å². The number of anilines is 1. The summed E-state index contributed by atoms with van der Waals surface area (Å²) in [6.07, 6.45) is 0. The molecule has 1 unspecified atom stereocenters. The quantitative estimate of drug-likeness (QED) is 0.607. The van der Waals surface area contributed by atoms with Crippen molar-refractivity contribution in [2.45, 2.75) is 39.2 Å². The third kappa shape index (κ3) is 2.66. The highest BCUT2D eigenvalue weighted by molar-refractivity contribution is 5.86. The van der Waals surface area contributed by atoms with Crippen LogP contribution in [0.25, 0.3) is 0 Å². The van der Waals surface area contributed by atoms with Gasteiger partial charge < -0.3 is 9.64 Å². The predicted octanol–water partition coefficient (Wildman–Crippen LogP) is 2.74. The summed E-state index contributed by atoms with van der Waals surface area (Å²) in [4.78, 5) is 13.6. The van der Waals surface area contributed by atoms with Gasteiger partial charge in [-0.2, -0.15) is 0 Å². The average Bonchev–Trinajstić information content (AvgIpc) is 3.08. The van der Waals surface area contributed by atoms with Crippen molar-refractivity contribution in [1.82, 2.24) is 0 Å². The summed E-state index contributed by atoms with van der Waals surface area (Å²) in [6, 6.07) is 8.36. The van der Waals surface area contributed by atoms with Gasteiger partial charge in [0, 0.05) is 5.69 Å². The molecule has 0 spiro atoms. The topological polar surface area (TPSA) is 29.3 Å². The third-order valence-corrected chi connectivity index (χ3v) is 3.24. The molecule has 0 aromatic heterocycles. The van der Waals surface area contributed by atoms with E-state index in [2.05, 4.69) is 49.9 Å². The highest BCUT2D eigenvalue weighted by Gasteiger charge is 2.41. The zero-order chi connectivity index (χ0) is 13.3. The van der Waals surface area contributed by atoms with Crippen molar-refractivity contribution in [3.05, 3.63) is 29.8 Å². The summed E-state index contributed by atoms with van der Waals surface area (Å²) in [5.74, 6) is -0.114. The number of ether oxygens (including phenoxy) is 1. The maximum Gasteiger partial charge on any atom is 0.330 e. The second-order valence-corrected chi connectivity index (χ2v) is 5.72. The minimum Gasteiger partial charge on any atom is -0.464 e. The van der Waals surface area contributed by atoms with Gasteiger partial charge in [-0.25, -0.2) is 4.79 Å². The summed E-state index contributed by atoms with van der Waals surface area (Å²) in [5.41, 5.74) is 2.57. The molecule has 1 atom stereocenters. The number of hydrogen-bond donors (Lipinski definition) is 0. The van der Waals surface area contributed by atoms with Crippen LogP contribution in [0.4, 0.5) is 5.69 Å². The number of carbonyl (C=O) groups excluding carboxylic acids is 1. The normalized spacial score (nSPS) is 18.7. The first-order valence-corrected chi connectivity index (χ1v) is 6.47. The molecule has 1 aliphatic heterocycles. The van der Waals surface area contributed by atoms with E-state index >= 15 is 0 Å². The van der Waals surface area contributed by atoms with E-state index < -0.39 is 0 Å². The Morgan fingerprint density at radius 2 is 1.94 bits per heavy atom. The number of esters is 1. The molecule has 0 bridgehead atoms. The van der Waals surface area contributed by atoms with Crippen LogP contribution >= 0.6 is 0 Å². The fraction of sp³-hybridized carbons (Fsp3) is 0.533. The van der Waals surface area contributed by atoms with Gasteiger partial charge in [0.1, 0.15) is 6.04 Å². The zero-order valence-corrected chi connectivity index (χ0v) is 11.6. The summed E-state index contributed by atoms with van der Waals surface area (Å²) in [5, 5.41) is 0. The van der Waals surface area contributed by atoms with Gasteiger partial charge in [0.2, 0.25) is 0 Å². The molecular weight excluding hydrogens is 226 g/mol. The molecule has 18 heavy (non-hydrogen) atoms. The van der Waals surface area contributed by atoms with Gasteiger partial charge in [0.25, 0.3) is 0 Å². The van der Waals surface area contributed by atoms with Crippen molar-refractivity contribution in [3.63, 3.8) is 0 Å². The van der Waals surface area contributed by atoms with E-state index in [0.717, 1.165) is 12.2 Å². The van der Waals surface area contributed by atoms with Crippen LogP contribution in [0.1, 0.15) is 33.3 Å². The molecule has 0 aliphatic carbocycles. The Morgan fingerprint density at radius 1 is 1.33 bits per heavy atom. The van der Waals surface area contributed by atoms with Crippen LogP contribution in [0, 0.1) is 0 Å². The number of carbonyl (C=O) groups is 1. The molecule has 3 heteroatoms. The Morgan fingerprint density at radius 3 is 2.44 bits per heavy atom. The number of hydrogen-bond acceptors (Lipinski definition) is 3. The van der Waals surface area contributed by atoms with Crippen LogP contribution in [0.5, 0.6) is 0 Å². The second-order valence-electron chi connectivity index (χ2n) is 5.72. The van der Waals surface area contributed by atoms with E-state index in [1.807, 2.05) is 6.92 Å². The maximum absolute atomic E-state index is 11.6. The highest BCUT2D eigenvalue weighted by atomic mass is 16.5. The van der Waals surface area contributed by atoms with Gasteiger partial charge in [-0.15, -0.1) is 0 Å². The molecule has 0 amide bonds. The molecule has 0 radical (unpaired) electrons. The van der Waals surface area contributed by atoms with Crippen LogP contribution in [-0.2, 0) is 14.9 Å². The highest BCUT2D eigenvalue weighted by Crippen LogP contribution is 2.31. The second kappa shape index (κ2) is 4.63. The number of rotatable bonds is 3. The molecule has 1 saturated heterocycles. The van der Waals surface area contributed by atoms with E-state index in [4.69, 9.17) is 4.74 Å². The lowest BCUT2D eigenvalue weighted by Crippen LogP contribution is -2.16. The lowest BCUT2D eigenvalue weighted by Gasteiger charge is -2.19. The molecule has 1 aromatic rings. The van der Waals surface area contributed by atoms with E-state index in [9.17, 15) is 4.79 Å². The molecule has 1 heterocycles. The Kier molecular flexibility index (Phi) is 3.33. The van der Waals surface area contributed by atoms with Crippen LogP contribution in [0.15, 0.2) is 24.3 Å². The number of nitrogens with zero attached hydrogens (tertiary/aromatic N) is 1. The largest absolute Gasteiger partial charge is 0.464 e. The van der Waals surface area contributed by atoms with Gasteiger partial charge in [0.05, 0.1) is 13.2 Å². The standard InChI is InChI=1S/C15H21NO2/c1-5-18-14(17)13-10-16(13)12-8-6-11(7-9-12)15(2,3)4/h6-9,13H,5,10H2,1-4H3. The van der Waals surface area contributed by atoms with Gasteiger partial charge in [-0.05, 0) is 30.0 Å². The summed E-state index contributed by atoms with van der Waals surface area (Å²) >= 11 is 0. The first-order valence-electron chi connectivity index (χ1n) is 6.47. The lowest BCUT2D eigenvalue weighted by molar-refractivity contribution is -0.142. The van der Waals surface area contributed by atoms with Crippen LogP contribution in [0.3, 0.4) is 0 Å². The zero-order valence-electron chi connectivity index (χ0n) is 11.6. The van der Waals surface area contributed by atoms with Crippen molar-refractivity contribution >= 4 is 11.7 Å². The van der Waals surface area contributed by atoms with E-state index in [1.54, 1.807) is 0 Å². The van der Waals surface area contributed by atoms with Crippen LogP contribution < -0.4 is 4.90 Å². The minimum absolute atomic E-state index is 0.0783. The summed E-state index contributed by atoms with van der Waals surface area (Å²) in [7, 11) is 0. The first-order chi connectivity index (χ1) is 8.43. The molecule has 98 valence electrons. The summed E-state index contributed by atoms with van der Waals surface area (Å²) in [6.45, 7) is 9.64. The van der Waals surface area contributed by atoms with Crippen molar-refractivity contribution in [2.75, 3.05) is 18.1 Å². The fourth-order valence-electron chi connectivity index (χ4n) is 2.02. The summed E-state index contributed by atoms with van der Waals surface area (Å²) < 4.78 is 5.01. The molecule has 1 aliphatic rings. The first kappa shape index (κ1) is 12.9. The molecular formula is C15H21NO2. The molecule has 2 rings (SSSR count). The molecule has 0 saturated carbocycles. The van der Waals surface area contributed by atoms with E-state index in [0.29, 0.717) is 6.61 Å². The van der Waals surface area contributed by atoms with Crippen molar-refractivity contribution < 1.29 is 9.53 Å². The smallest absolute Gasteiger partial charge is 0.330 e. The van der Waals surface area contributed by atoms with Gasteiger partial charge in [-0.3, -0.25) is 0 Å². The van der Waals surface area contributed by atoms with E-state index in [-0.39, 0.29) is 17.4 Å². The van der Waals surface area contributed by atoms with Crippen molar-refractivity contribution in [2.24, 2.45) is 0 Å². The average molecular weight is 247 g/mol. The fourth-order valence-corrected chi connectivity index (χ4v) is 2.02. The van der Waals surface area contributed by atoms with E-state index in [1.165, 1.54) is 5.56 Å². The maximum atomic E-state index is 11.6. The predicted molar refractivity (Wildman–Crippen MR) is 72.9 cm³/mol. The minimum atomic E-state index is -0.114. The molecule has 1 aromatic carbocycles. The number of benzene rings is 1. The van der Waals surface area contributed by atoms with Crippen LogP contribution in [-0.4, -0.2) is 25.2 Å². The molecule has 0 N–H and O–H groups in total. The van der Waals surface area contributed by atoms with Crippen molar-refractivity contribution in [3.8, 4) is 0 Å². The van der Waals surface area contributed by atoms with Crippen LogP contribution in [0.2, 0.25) is 0 Å². The monoisotopic (exact) mass is 247 g/mol. The van der Waals surface area contributed by atoms with Gasteiger partial charge in [0.15, 0.2) is 0 Å². The Hall–Kier alpha value is -1.51. The third-order valence-electron chi connectivity index (χ3n) is 3.24.